The van der Waals surface area contributed by atoms with E-state index in [2.05, 4.69) is 10.3 Å². The lowest BCUT2D eigenvalue weighted by Gasteiger charge is -2.09. The van der Waals surface area contributed by atoms with Crippen LogP contribution in [0, 0.1) is 6.92 Å². The van der Waals surface area contributed by atoms with E-state index in [1.165, 1.54) is 10.9 Å². The van der Waals surface area contributed by atoms with Gasteiger partial charge >= 0.3 is 0 Å². The third-order valence-corrected chi connectivity index (χ3v) is 3.23. The molecular weight excluding hydrogens is 270 g/mol. The van der Waals surface area contributed by atoms with Crippen molar-refractivity contribution in [2.75, 3.05) is 6.54 Å². The summed E-state index contributed by atoms with van der Waals surface area (Å²) in [7, 11) is 0. The number of nitrogens with one attached hydrogen (secondary N) is 1. The highest BCUT2D eigenvalue weighted by Gasteiger charge is 2.08. The van der Waals surface area contributed by atoms with Crippen LogP contribution in [0.2, 0.25) is 0 Å². The van der Waals surface area contributed by atoms with Crippen LogP contribution in [0.4, 0.5) is 0 Å². The maximum absolute atomic E-state index is 12.3. The molecule has 2 N–H and O–H groups in total. The molecule has 0 aliphatic rings. The van der Waals surface area contributed by atoms with Gasteiger partial charge < -0.3 is 10.4 Å². The van der Waals surface area contributed by atoms with Crippen molar-refractivity contribution in [1.82, 2.24) is 14.9 Å². The molecule has 2 aromatic rings. The molecule has 1 heterocycles. The minimum atomic E-state index is -0.581. The Balaban J connectivity index is 2.11. The fourth-order valence-electron chi connectivity index (χ4n) is 2.07. The number of nitrogens with zero attached hydrogens (tertiary/aromatic N) is 2. The number of aliphatic hydroxyl groups is 1. The summed E-state index contributed by atoms with van der Waals surface area (Å²) in [5.74, 6) is -0.202. The van der Waals surface area contributed by atoms with Gasteiger partial charge in [0, 0.05) is 19.5 Å². The van der Waals surface area contributed by atoms with Crippen LogP contribution in [-0.2, 0) is 11.3 Å². The van der Waals surface area contributed by atoms with Gasteiger partial charge in [-0.15, -0.1) is 0 Å². The van der Waals surface area contributed by atoms with Crippen molar-refractivity contribution in [3.05, 3.63) is 40.4 Å². The van der Waals surface area contributed by atoms with Crippen LogP contribution in [0.1, 0.15) is 18.9 Å². The molecule has 6 nitrogen and oxygen atoms in total. The van der Waals surface area contributed by atoms with E-state index in [9.17, 15) is 9.59 Å². The third-order valence-electron chi connectivity index (χ3n) is 3.23. The molecule has 1 aromatic heterocycles. The maximum atomic E-state index is 12.3. The fourth-order valence-corrected chi connectivity index (χ4v) is 2.07. The predicted octanol–water partition coefficient (Wildman–Crippen LogP) is 0.592. The molecular formula is C15H19N3O3. The summed E-state index contributed by atoms with van der Waals surface area (Å²) in [4.78, 5) is 28.2. The summed E-state index contributed by atoms with van der Waals surface area (Å²) in [6.45, 7) is 3.98. The normalized spacial score (nSPS) is 12.3. The molecule has 0 saturated carbocycles. The lowest BCUT2D eigenvalue weighted by Crippen LogP contribution is -2.32. The van der Waals surface area contributed by atoms with Crippen molar-refractivity contribution >= 4 is 16.8 Å². The number of aliphatic hydroxyl groups excluding tert-OH is 1. The number of hydrogen-bond acceptors (Lipinski definition) is 4. The van der Waals surface area contributed by atoms with E-state index in [0.717, 1.165) is 5.56 Å². The standard InChI is InChI=1S/C15H19N3O3/c1-10-4-3-5-12-14(10)17-9-18(15(12)21)7-6-13(20)16-8-11(2)19/h3-5,9,11,19H,6-8H2,1-2H3,(H,16,20). The highest BCUT2D eigenvalue weighted by atomic mass is 16.3. The number of carbonyl (C=O) groups excluding carboxylic acids is 1. The van der Waals surface area contributed by atoms with Gasteiger partial charge in [0.25, 0.3) is 5.56 Å². The molecule has 0 bridgehead atoms. The lowest BCUT2D eigenvalue weighted by atomic mass is 10.1. The molecule has 21 heavy (non-hydrogen) atoms. The number of benzene rings is 1. The van der Waals surface area contributed by atoms with Crippen LogP contribution in [0.3, 0.4) is 0 Å². The number of aromatic nitrogens is 2. The van der Waals surface area contributed by atoms with E-state index < -0.39 is 6.10 Å². The second kappa shape index (κ2) is 6.49. The van der Waals surface area contributed by atoms with Gasteiger partial charge in [0.05, 0.1) is 23.3 Å². The van der Waals surface area contributed by atoms with Crippen molar-refractivity contribution in [2.45, 2.75) is 32.9 Å². The zero-order chi connectivity index (χ0) is 15.4. The monoisotopic (exact) mass is 289 g/mol. The molecule has 0 saturated heterocycles. The molecule has 0 aliphatic heterocycles. The summed E-state index contributed by atoms with van der Waals surface area (Å²) in [5.41, 5.74) is 1.50. The van der Waals surface area contributed by atoms with Crippen LogP contribution in [0.5, 0.6) is 0 Å². The number of amides is 1. The molecule has 0 radical (unpaired) electrons. The van der Waals surface area contributed by atoms with Gasteiger partial charge in [-0.1, -0.05) is 12.1 Å². The smallest absolute Gasteiger partial charge is 0.261 e. The molecule has 0 fully saturated rings. The first-order chi connectivity index (χ1) is 9.99. The Labute approximate surface area is 122 Å². The number of rotatable bonds is 5. The Bertz CT molecular complexity index is 707. The molecule has 1 aromatic carbocycles. The van der Waals surface area contributed by atoms with E-state index in [1.807, 2.05) is 19.1 Å². The SMILES string of the molecule is Cc1cccc2c(=O)n(CCC(=O)NCC(C)O)cnc12. The van der Waals surface area contributed by atoms with Crippen LogP contribution >= 0.6 is 0 Å². The molecule has 112 valence electrons. The first-order valence-electron chi connectivity index (χ1n) is 6.88. The zero-order valence-electron chi connectivity index (χ0n) is 12.2. The quantitative estimate of drug-likeness (QED) is 0.844. The minimum absolute atomic E-state index is 0.146. The van der Waals surface area contributed by atoms with Gasteiger partial charge in [-0.3, -0.25) is 14.2 Å². The van der Waals surface area contributed by atoms with E-state index in [0.29, 0.717) is 10.9 Å². The number of para-hydroxylation sites is 1. The Kier molecular flexibility index (Phi) is 4.70. The fraction of sp³-hybridized carbons (Fsp3) is 0.400. The van der Waals surface area contributed by atoms with Crippen LogP contribution in [0.25, 0.3) is 10.9 Å². The van der Waals surface area contributed by atoms with Gasteiger partial charge in [-0.2, -0.15) is 0 Å². The van der Waals surface area contributed by atoms with Crippen LogP contribution < -0.4 is 10.9 Å². The average Bonchev–Trinajstić information content (AvgIpc) is 2.45. The molecule has 2 rings (SSSR count). The van der Waals surface area contributed by atoms with Crippen LogP contribution in [-0.4, -0.2) is 33.2 Å². The van der Waals surface area contributed by atoms with E-state index in [1.54, 1.807) is 13.0 Å². The highest BCUT2D eigenvalue weighted by molar-refractivity contribution is 5.80. The summed E-state index contributed by atoms with van der Waals surface area (Å²) < 4.78 is 1.43. The Morgan fingerprint density at radius 1 is 1.48 bits per heavy atom. The summed E-state index contributed by atoms with van der Waals surface area (Å²) in [6, 6.07) is 5.46. The maximum Gasteiger partial charge on any atom is 0.261 e. The number of carbonyl (C=O) groups is 1. The molecule has 1 unspecified atom stereocenters. The van der Waals surface area contributed by atoms with E-state index >= 15 is 0 Å². The molecule has 6 heteroatoms. The average molecular weight is 289 g/mol. The Morgan fingerprint density at radius 3 is 2.95 bits per heavy atom. The van der Waals surface area contributed by atoms with Gasteiger partial charge in [0.15, 0.2) is 0 Å². The third kappa shape index (κ3) is 3.66. The predicted molar refractivity (Wildman–Crippen MR) is 80.0 cm³/mol. The number of hydrogen-bond donors (Lipinski definition) is 2. The summed E-state index contributed by atoms with van der Waals surface area (Å²) >= 11 is 0. The molecule has 0 spiro atoms. The van der Waals surface area contributed by atoms with Gasteiger partial charge in [-0.25, -0.2) is 4.98 Å². The van der Waals surface area contributed by atoms with Gasteiger partial charge in [0.1, 0.15) is 0 Å². The Hall–Kier alpha value is -2.21. The van der Waals surface area contributed by atoms with Crippen molar-refractivity contribution in [3.63, 3.8) is 0 Å². The summed E-state index contributed by atoms with van der Waals surface area (Å²) in [5, 5.41) is 12.2. The minimum Gasteiger partial charge on any atom is -0.392 e. The van der Waals surface area contributed by atoms with E-state index in [-0.39, 0.29) is 31.0 Å². The number of fused-ring (bicyclic) bond motifs is 1. The van der Waals surface area contributed by atoms with Crippen molar-refractivity contribution < 1.29 is 9.90 Å². The topological polar surface area (TPSA) is 84.2 Å². The number of aryl methyl sites for hydroxylation is 2. The lowest BCUT2D eigenvalue weighted by molar-refractivity contribution is -0.121. The zero-order valence-corrected chi connectivity index (χ0v) is 12.2. The first kappa shape index (κ1) is 15.2. The summed E-state index contributed by atoms with van der Waals surface area (Å²) in [6.07, 6.45) is 1.06. The molecule has 1 atom stereocenters. The van der Waals surface area contributed by atoms with Gasteiger partial charge in [-0.05, 0) is 25.5 Å². The van der Waals surface area contributed by atoms with Crippen LogP contribution in [0.15, 0.2) is 29.3 Å². The van der Waals surface area contributed by atoms with E-state index in [4.69, 9.17) is 5.11 Å². The molecule has 0 aliphatic carbocycles. The second-order valence-corrected chi connectivity index (χ2v) is 5.12. The molecule has 1 amide bonds. The first-order valence-corrected chi connectivity index (χ1v) is 6.88. The van der Waals surface area contributed by atoms with Crippen molar-refractivity contribution in [2.24, 2.45) is 0 Å². The largest absolute Gasteiger partial charge is 0.392 e. The Morgan fingerprint density at radius 2 is 2.24 bits per heavy atom. The van der Waals surface area contributed by atoms with Crippen molar-refractivity contribution in [3.8, 4) is 0 Å². The van der Waals surface area contributed by atoms with Gasteiger partial charge in [0.2, 0.25) is 5.91 Å². The highest BCUT2D eigenvalue weighted by Crippen LogP contribution is 2.11. The second-order valence-electron chi connectivity index (χ2n) is 5.12. The van der Waals surface area contributed by atoms with Crippen molar-refractivity contribution in [1.29, 1.82) is 0 Å².